The SMILES string of the molecule is COc1cc(/C(N)=N/O)ccc1OCCS(C)(=O)=O. The first-order valence-electron chi connectivity index (χ1n) is 5.34. The molecule has 0 saturated carbocycles. The molecule has 0 bridgehead atoms. The van der Waals surface area contributed by atoms with Crippen molar-refractivity contribution in [2.24, 2.45) is 10.9 Å². The number of benzene rings is 1. The van der Waals surface area contributed by atoms with Gasteiger partial charge in [-0.05, 0) is 18.2 Å². The lowest BCUT2D eigenvalue weighted by Gasteiger charge is -2.11. The lowest BCUT2D eigenvalue weighted by molar-refractivity contribution is 0.311. The van der Waals surface area contributed by atoms with Crippen molar-refractivity contribution in [1.29, 1.82) is 0 Å². The fourth-order valence-electron chi connectivity index (χ4n) is 1.31. The van der Waals surface area contributed by atoms with Crippen LogP contribution in [0.2, 0.25) is 0 Å². The third kappa shape index (κ3) is 4.66. The minimum atomic E-state index is -3.08. The van der Waals surface area contributed by atoms with Crippen molar-refractivity contribution in [3.05, 3.63) is 23.8 Å². The molecular weight excluding hydrogens is 272 g/mol. The van der Waals surface area contributed by atoms with E-state index < -0.39 is 9.84 Å². The number of methoxy groups -OCH3 is 1. The van der Waals surface area contributed by atoms with E-state index in [1.54, 1.807) is 12.1 Å². The van der Waals surface area contributed by atoms with Crippen LogP contribution in [-0.4, -0.2) is 45.2 Å². The predicted molar refractivity (Wildman–Crippen MR) is 70.7 cm³/mol. The van der Waals surface area contributed by atoms with Gasteiger partial charge in [-0.2, -0.15) is 0 Å². The molecule has 0 aromatic heterocycles. The van der Waals surface area contributed by atoms with E-state index in [1.807, 2.05) is 0 Å². The highest BCUT2D eigenvalue weighted by molar-refractivity contribution is 7.90. The maximum atomic E-state index is 11.0. The van der Waals surface area contributed by atoms with Gasteiger partial charge in [0.25, 0.3) is 0 Å². The minimum Gasteiger partial charge on any atom is -0.493 e. The van der Waals surface area contributed by atoms with E-state index in [9.17, 15) is 8.42 Å². The van der Waals surface area contributed by atoms with Crippen molar-refractivity contribution in [3.63, 3.8) is 0 Å². The number of ether oxygens (including phenoxy) is 2. The molecule has 106 valence electrons. The molecule has 0 radical (unpaired) electrons. The van der Waals surface area contributed by atoms with E-state index in [-0.39, 0.29) is 18.2 Å². The smallest absolute Gasteiger partial charge is 0.170 e. The highest BCUT2D eigenvalue weighted by Crippen LogP contribution is 2.27. The van der Waals surface area contributed by atoms with Gasteiger partial charge in [0, 0.05) is 11.8 Å². The van der Waals surface area contributed by atoms with E-state index in [2.05, 4.69) is 5.16 Å². The number of amidine groups is 1. The molecular formula is C11H16N2O5S. The number of hydrogen-bond acceptors (Lipinski definition) is 6. The van der Waals surface area contributed by atoms with Crippen LogP contribution in [0.1, 0.15) is 5.56 Å². The predicted octanol–water partition coefficient (Wildman–Crippen LogP) is 0.213. The Hall–Kier alpha value is -1.96. The largest absolute Gasteiger partial charge is 0.493 e. The molecule has 19 heavy (non-hydrogen) atoms. The van der Waals surface area contributed by atoms with Crippen molar-refractivity contribution < 1.29 is 23.1 Å². The van der Waals surface area contributed by atoms with Crippen molar-refractivity contribution >= 4 is 15.7 Å². The van der Waals surface area contributed by atoms with Gasteiger partial charge in [-0.15, -0.1) is 0 Å². The first kappa shape index (κ1) is 15.1. The third-order valence-corrected chi connectivity index (χ3v) is 3.19. The summed E-state index contributed by atoms with van der Waals surface area (Å²) >= 11 is 0. The second-order valence-electron chi connectivity index (χ2n) is 3.83. The fraction of sp³-hybridized carbons (Fsp3) is 0.364. The van der Waals surface area contributed by atoms with Gasteiger partial charge in [0.2, 0.25) is 0 Å². The molecule has 7 nitrogen and oxygen atoms in total. The Bertz CT molecular complexity index is 568. The molecule has 1 aromatic rings. The first-order chi connectivity index (χ1) is 8.87. The van der Waals surface area contributed by atoms with Crippen LogP contribution in [0.5, 0.6) is 11.5 Å². The monoisotopic (exact) mass is 288 g/mol. The highest BCUT2D eigenvalue weighted by atomic mass is 32.2. The van der Waals surface area contributed by atoms with E-state index in [4.69, 9.17) is 20.4 Å². The summed E-state index contributed by atoms with van der Waals surface area (Å²) in [5.74, 6) is 0.622. The summed E-state index contributed by atoms with van der Waals surface area (Å²) in [4.78, 5) is 0. The van der Waals surface area contributed by atoms with Crippen molar-refractivity contribution in [2.45, 2.75) is 0 Å². The molecule has 8 heteroatoms. The van der Waals surface area contributed by atoms with Crippen LogP contribution < -0.4 is 15.2 Å². The summed E-state index contributed by atoms with van der Waals surface area (Å²) < 4.78 is 32.4. The molecule has 0 unspecified atom stereocenters. The Balaban J connectivity index is 2.85. The van der Waals surface area contributed by atoms with Gasteiger partial charge in [0.05, 0.1) is 12.9 Å². The zero-order chi connectivity index (χ0) is 14.5. The Morgan fingerprint density at radius 3 is 2.63 bits per heavy atom. The van der Waals surface area contributed by atoms with Crippen molar-refractivity contribution in [2.75, 3.05) is 25.7 Å². The molecule has 1 aromatic carbocycles. The maximum Gasteiger partial charge on any atom is 0.170 e. The molecule has 0 saturated heterocycles. The zero-order valence-corrected chi connectivity index (χ0v) is 11.5. The lowest BCUT2D eigenvalue weighted by atomic mass is 10.2. The molecule has 0 aliphatic rings. The summed E-state index contributed by atoms with van der Waals surface area (Å²) in [5, 5.41) is 11.5. The number of nitrogens with two attached hydrogens (primary N) is 1. The topological polar surface area (TPSA) is 111 Å². The summed E-state index contributed by atoms with van der Waals surface area (Å²) in [7, 11) is -1.64. The van der Waals surface area contributed by atoms with Crippen LogP contribution in [0.15, 0.2) is 23.4 Å². The highest BCUT2D eigenvalue weighted by Gasteiger charge is 2.09. The molecule has 0 atom stereocenters. The van der Waals surface area contributed by atoms with Crippen LogP contribution in [0.4, 0.5) is 0 Å². The standard InChI is InChI=1S/C11H16N2O5S/c1-17-10-7-8(11(12)13-14)3-4-9(10)18-5-6-19(2,15)16/h3-4,7,14H,5-6H2,1-2H3,(H2,12,13). The van der Waals surface area contributed by atoms with Crippen LogP contribution in [0.25, 0.3) is 0 Å². The number of nitrogens with zero attached hydrogens (tertiary/aromatic N) is 1. The number of sulfone groups is 1. The second kappa shape index (κ2) is 6.28. The summed E-state index contributed by atoms with van der Waals surface area (Å²) in [6.07, 6.45) is 1.13. The number of oxime groups is 1. The first-order valence-corrected chi connectivity index (χ1v) is 7.40. The summed E-state index contributed by atoms with van der Waals surface area (Å²) in [6, 6.07) is 4.67. The molecule has 0 aliphatic carbocycles. The molecule has 0 heterocycles. The average Bonchev–Trinajstić information content (AvgIpc) is 2.36. The van der Waals surface area contributed by atoms with E-state index >= 15 is 0 Å². The fourth-order valence-corrected chi connectivity index (χ4v) is 1.69. The van der Waals surface area contributed by atoms with Crippen molar-refractivity contribution in [3.8, 4) is 11.5 Å². The van der Waals surface area contributed by atoms with Gasteiger partial charge in [-0.25, -0.2) is 8.42 Å². The third-order valence-electron chi connectivity index (χ3n) is 2.28. The summed E-state index contributed by atoms with van der Waals surface area (Å²) in [5.41, 5.74) is 5.92. The second-order valence-corrected chi connectivity index (χ2v) is 6.09. The van der Waals surface area contributed by atoms with E-state index in [1.165, 1.54) is 13.2 Å². The molecule has 0 spiro atoms. The normalized spacial score (nSPS) is 12.2. The molecule has 3 N–H and O–H groups in total. The van der Waals surface area contributed by atoms with Gasteiger partial charge in [-0.3, -0.25) is 0 Å². The molecule has 0 amide bonds. The summed E-state index contributed by atoms with van der Waals surface area (Å²) in [6.45, 7) is 0.0259. The Morgan fingerprint density at radius 2 is 2.11 bits per heavy atom. The molecule has 0 aliphatic heterocycles. The van der Waals surface area contributed by atoms with Gasteiger partial charge >= 0.3 is 0 Å². The van der Waals surface area contributed by atoms with Gasteiger partial charge in [0.1, 0.15) is 6.61 Å². The van der Waals surface area contributed by atoms with Gasteiger partial charge < -0.3 is 20.4 Å². The molecule has 0 fully saturated rings. The van der Waals surface area contributed by atoms with E-state index in [0.717, 1.165) is 6.26 Å². The Labute approximate surface area is 111 Å². The van der Waals surface area contributed by atoms with Gasteiger partial charge in [0.15, 0.2) is 27.2 Å². The lowest BCUT2D eigenvalue weighted by Crippen LogP contribution is -2.14. The quantitative estimate of drug-likeness (QED) is 0.335. The van der Waals surface area contributed by atoms with Crippen LogP contribution >= 0.6 is 0 Å². The molecule has 1 rings (SSSR count). The van der Waals surface area contributed by atoms with Crippen molar-refractivity contribution in [1.82, 2.24) is 0 Å². The Morgan fingerprint density at radius 1 is 1.42 bits per heavy atom. The number of hydrogen-bond donors (Lipinski definition) is 2. The maximum absolute atomic E-state index is 11.0. The van der Waals surface area contributed by atoms with E-state index in [0.29, 0.717) is 17.1 Å². The number of rotatable bonds is 6. The van der Waals surface area contributed by atoms with Crippen LogP contribution in [-0.2, 0) is 9.84 Å². The van der Waals surface area contributed by atoms with Crippen LogP contribution in [0, 0.1) is 0 Å². The Kier molecular flexibility index (Phi) is 4.99. The van der Waals surface area contributed by atoms with Gasteiger partial charge in [-0.1, -0.05) is 5.16 Å². The minimum absolute atomic E-state index is 0.0259. The zero-order valence-electron chi connectivity index (χ0n) is 10.7. The van der Waals surface area contributed by atoms with Crippen LogP contribution in [0.3, 0.4) is 0 Å². The average molecular weight is 288 g/mol.